The van der Waals surface area contributed by atoms with Gasteiger partial charge in [-0.15, -0.1) is 0 Å². The van der Waals surface area contributed by atoms with Crippen molar-refractivity contribution < 1.29 is 9.50 Å². The molecule has 0 aliphatic heterocycles. The fourth-order valence-electron chi connectivity index (χ4n) is 1.11. The molecule has 2 heteroatoms. The van der Waals surface area contributed by atoms with E-state index in [4.69, 9.17) is 5.11 Å². The van der Waals surface area contributed by atoms with Crippen molar-refractivity contribution in [2.24, 2.45) is 0 Å². The lowest BCUT2D eigenvalue weighted by Gasteiger charge is -1.92. The summed E-state index contributed by atoms with van der Waals surface area (Å²) in [4.78, 5) is 0. The van der Waals surface area contributed by atoms with Crippen LogP contribution < -0.4 is 0 Å². The first-order valence-corrected chi connectivity index (χ1v) is 5.38. The molecule has 0 aromatic carbocycles. The number of halogens is 1. The molecule has 0 spiro atoms. The maximum Gasteiger partial charge on any atom is 0.0894 e. The quantitative estimate of drug-likeness (QED) is 0.447. The van der Waals surface area contributed by atoms with Crippen molar-refractivity contribution in [2.45, 2.75) is 38.5 Å². The van der Waals surface area contributed by atoms with Crippen LogP contribution in [0.5, 0.6) is 0 Å². The number of alkyl halides is 1. The molecule has 0 bridgehead atoms. The Balaban J connectivity index is 3.11. The second-order valence-electron chi connectivity index (χ2n) is 3.23. The molecule has 0 aromatic heterocycles. The minimum atomic E-state index is -0.187. The van der Waals surface area contributed by atoms with E-state index in [1.807, 2.05) is 12.2 Å². The van der Waals surface area contributed by atoms with Gasteiger partial charge < -0.3 is 5.11 Å². The first-order valence-electron chi connectivity index (χ1n) is 5.38. The highest BCUT2D eigenvalue weighted by molar-refractivity contribution is 4.92. The van der Waals surface area contributed by atoms with E-state index >= 15 is 0 Å². The largest absolute Gasteiger partial charge is 0.396 e. The first kappa shape index (κ1) is 13.4. The summed E-state index contributed by atoms with van der Waals surface area (Å²) in [7, 11) is 0. The third-order valence-electron chi connectivity index (χ3n) is 1.91. The highest BCUT2D eigenvalue weighted by Crippen LogP contribution is 2.01. The average molecular weight is 200 g/mol. The van der Waals surface area contributed by atoms with Gasteiger partial charge in [0.05, 0.1) is 6.67 Å². The van der Waals surface area contributed by atoms with Gasteiger partial charge in [-0.3, -0.25) is 4.39 Å². The molecule has 0 saturated carbocycles. The average Bonchev–Trinajstić information content (AvgIpc) is 2.21. The summed E-state index contributed by atoms with van der Waals surface area (Å²) >= 11 is 0. The van der Waals surface area contributed by atoms with Gasteiger partial charge in [-0.05, 0) is 32.1 Å². The molecule has 0 unspecified atom stereocenters. The maximum absolute atomic E-state index is 11.7. The minimum absolute atomic E-state index is 0.187. The van der Waals surface area contributed by atoms with Crippen molar-refractivity contribution in [3.05, 3.63) is 24.3 Å². The third-order valence-corrected chi connectivity index (χ3v) is 1.91. The Morgan fingerprint density at radius 3 is 2.21 bits per heavy atom. The highest BCUT2D eigenvalue weighted by atomic mass is 19.1. The Morgan fingerprint density at radius 1 is 0.857 bits per heavy atom. The molecular formula is C12H21FO. The van der Waals surface area contributed by atoms with Crippen molar-refractivity contribution in [1.29, 1.82) is 0 Å². The predicted octanol–water partition coefficient (Wildman–Crippen LogP) is 3.40. The van der Waals surface area contributed by atoms with Crippen molar-refractivity contribution in [1.82, 2.24) is 0 Å². The van der Waals surface area contributed by atoms with Crippen molar-refractivity contribution >= 4 is 0 Å². The smallest absolute Gasteiger partial charge is 0.0894 e. The van der Waals surface area contributed by atoms with E-state index in [1.165, 1.54) is 0 Å². The summed E-state index contributed by atoms with van der Waals surface area (Å²) in [6.45, 7) is 0.0387. The van der Waals surface area contributed by atoms with E-state index in [-0.39, 0.29) is 13.3 Å². The van der Waals surface area contributed by atoms with Gasteiger partial charge in [0.1, 0.15) is 0 Å². The Bertz CT molecular complexity index is 152. The van der Waals surface area contributed by atoms with E-state index in [2.05, 4.69) is 12.2 Å². The molecule has 0 atom stereocenters. The molecule has 0 amide bonds. The van der Waals surface area contributed by atoms with E-state index in [0.29, 0.717) is 6.42 Å². The molecule has 0 aliphatic carbocycles. The van der Waals surface area contributed by atoms with Gasteiger partial charge in [-0.25, -0.2) is 0 Å². The molecule has 0 rings (SSSR count). The molecule has 0 radical (unpaired) electrons. The van der Waals surface area contributed by atoms with Gasteiger partial charge in [0.15, 0.2) is 0 Å². The Hall–Kier alpha value is -0.630. The molecule has 14 heavy (non-hydrogen) atoms. The van der Waals surface area contributed by atoms with Crippen LogP contribution in [0.15, 0.2) is 24.3 Å². The molecule has 82 valence electrons. The number of aliphatic hydroxyl groups is 1. The standard InChI is InChI=1S/C12H21FO/c13-11-9-7-5-3-1-2-4-6-8-10-12-14/h1-2,6,8,14H,3-5,7,9-12H2/b2-1+,8-6+. The molecule has 1 N–H and O–H groups in total. The lowest BCUT2D eigenvalue weighted by molar-refractivity contribution is 0.302. The topological polar surface area (TPSA) is 20.2 Å². The lowest BCUT2D eigenvalue weighted by atomic mass is 10.2. The highest BCUT2D eigenvalue weighted by Gasteiger charge is 1.84. The molecule has 0 heterocycles. The van der Waals surface area contributed by atoms with E-state index in [0.717, 1.165) is 32.1 Å². The monoisotopic (exact) mass is 200 g/mol. The lowest BCUT2D eigenvalue weighted by Crippen LogP contribution is -1.77. The van der Waals surface area contributed by atoms with Crippen molar-refractivity contribution in [3.8, 4) is 0 Å². The second-order valence-corrected chi connectivity index (χ2v) is 3.23. The zero-order chi connectivity index (χ0) is 10.5. The SMILES string of the molecule is OCC/C=C/C/C=C/CCCCCF. The zero-order valence-corrected chi connectivity index (χ0v) is 8.79. The Morgan fingerprint density at radius 2 is 1.57 bits per heavy atom. The summed E-state index contributed by atoms with van der Waals surface area (Å²) < 4.78 is 11.7. The van der Waals surface area contributed by atoms with Crippen LogP contribution in [0.2, 0.25) is 0 Å². The van der Waals surface area contributed by atoms with Crippen LogP contribution >= 0.6 is 0 Å². The van der Waals surface area contributed by atoms with Gasteiger partial charge in [-0.1, -0.05) is 30.7 Å². The van der Waals surface area contributed by atoms with Crippen LogP contribution in [-0.4, -0.2) is 18.4 Å². The van der Waals surface area contributed by atoms with E-state index < -0.39 is 0 Å². The number of hydrogen-bond donors (Lipinski definition) is 1. The normalized spacial score (nSPS) is 11.9. The van der Waals surface area contributed by atoms with Gasteiger partial charge in [0, 0.05) is 6.61 Å². The first-order chi connectivity index (χ1) is 6.91. The molecule has 0 aromatic rings. The van der Waals surface area contributed by atoms with E-state index in [9.17, 15) is 4.39 Å². The molecule has 0 aliphatic rings. The van der Waals surface area contributed by atoms with Crippen molar-refractivity contribution in [3.63, 3.8) is 0 Å². The summed E-state index contributed by atoms with van der Waals surface area (Å²) in [5.74, 6) is 0. The zero-order valence-electron chi connectivity index (χ0n) is 8.79. The number of hydrogen-bond acceptors (Lipinski definition) is 1. The third kappa shape index (κ3) is 11.4. The number of aliphatic hydroxyl groups excluding tert-OH is 1. The maximum atomic E-state index is 11.7. The van der Waals surface area contributed by atoms with Crippen LogP contribution in [0.4, 0.5) is 4.39 Å². The summed E-state index contributed by atoms with van der Waals surface area (Å²) in [6, 6.07) is 0. The van der Waals surface area contributed by atoms with Crippen LogP contribution in [0.25, 0.3) is 0 Å². The van der Waals surface area contributed by atoms with Gasteiger partial charge in [-0.2, -0.15) is 0 Å². The number of allylic oxidation sites excluding steroid dienone is 3. The van der Waals surface area contributed by atoms with Crippen LogP contribution in [0.3, 0.4) is 0 Å². The summed E-state index contributed by atoms with van der Waals surface area (Å²) in [5, 5.41) is 8.49. The molecule has 0 fully saturated rings. The number of rotatable bonds is 9. The van der Waals surface area contributed by atoms with E-state index in [1.54, 1.807) is 0 Å². The Kier molecular flexibility index (Phi) is 11.8. The van der Waals surface area contributed by atoms with Crippen LogP contribution in [-0.2, 0) is 0 Å². The summed E-state index contributed by atoms with van der Waals surface area (Å²) in [5.41, 5.74) is 0. The minimum Gasteiger partial charge on any atom is -0.396 e. The molecular weight excluding hydrogens is 179 g/mol. The molecule has 1 nitrogen and oxygen atoms in total. The predicted molar refractivity (Wildman–Crippen MR) is 59.0 cm³/mol. The van der Waals surface area contributed by atoms with Gasteiger partial charge >= 0.3 is 0 Å². The fraction of sp³-hybridized carbons (Fsp3) is 0.667. The van der Waals surface area contributed by atoms with Crippen molar-refractivity contribution in [2.75, 3.05) is 13.3 Å². The van der Waals surface area contributed by atoms with Crippen LogP contribution in [0, 0.1) is 0 Å². The van der Waals surface area contributed by atoms with Crippen LogP contribution in [0.1, 0.15) is 38.5 Å². The number of unbranched alkanes of at least 4 members (excludes halogenated alkanes) is 3. The summed E-state index contributed by atoms with van der Waals surface area (Å²) in [6.07, 6.45) is 13.8. The Labute approximate surface area is 86.3 Å². The van der Waals surface area contributed by atoms with Gasteiger partial charge in [0.2, 0.25) is 0 Å². The van der Waals surface area contributed by atoms with Gasteiger partial charge in [0.25, 0.3) is 0 Å². The molecule has 0 saturated heterocycles. The second kappa shape index (κ2) is 12.4. The fourth-order valence-corrected chi connectivity index (χ4v) is 1.11.